The highest BCUT2D eigenvalue weighted by molar-refractivity contribution is 6.06. The fraction of sp³-hybridized carbons (Fsp3) is 0.400. The molecule has 0 radical (unpaired) electrons. The molecule has 0 heterocycles. The van der Waals surface area contributed by atoms with Crippen LogP contribution in [0.3, 0.4) is 0 Å². The molecule has 144 valence electrons. The van der Waals surface area contributed by atoms with E-state index in [9.17, 15) is 14.3 Å². The lowest BCUT2D eigenvalue weighted by Gasteiger charge is -2.48. The van der Waals surface area contributed by atoms with Gasteiger partial charge in [-0.25, -0.2) is 4.39 Å². The first-order valence-corrected chi connectivity index (χ1v) is 10.3. The van der Waals surface area contributed by atoms with Gasteiger partial charge in [0.25, 0.3) is 0 Å². The number of Topliss-reactive ketones (excluding diaryl/α,β-unsaturated/α-hetero) is 1. The average Bonchev–Trinajstić information content (AvgIpc) is 2.94. The Morgan fingerprint density at radius 3 is 2.71 bits per heavy atom. The van der Waals surface area contributed by atoms with Crippen LogP contribution in [0.4, 0.5) is 4.39 Å². The molecular weight excluding hydrogens is 351 g/mol. The molecule has 0 saturated heterocycles. The van der Waals surface area contributed by atoms with Crippen molar-refractivity contribution in [3.05, 3.63) is 70.5 Å². The zero-order valence-electron chi connectivity index (χ0n) is 16.1. The first kappa shape index (κ1) is 17.7. The minimum Gasteiger partial charge on any atom is -0.508 e. The maximum atomic E-state index is 13.3. The van der Waals surface area contributed by atoms with E-state index in [0.29, 0.717) is 23.5 Å². The second-order valence-corrected chi connectivity index (χ2v) is 9.01. The minimum atomic E-state index is -0.276. The van der Waals surface area contributed by atoms with Gasteiger partial charge >= 0.3 is 0 Å². The molecule has 28 heavy (non-hydrogen) atoms. The number of aromatic hydroxyl groups is 1. The molecule has 0 amide bonds. The van der Waals surface area contributed by atoms with Crippen LogP contribution < -0.4 is 0 Å². The number of benzene rings is 2. The molecule has 2 aromatic rings. The quantitative estimate of drug-likeness (QED) is 0.653. The molecule has 0 spiro atoms. The van der Waals surface area contributed by atoms with Crippen LogP contribution in [-0.4, -0.2) is 10.9 Å². The van der Waals surface area contributed by atoms with Crippen LogP contribution in [0.15, 0.2) is 48.0 Å². The third kappa shape index (κ3) is 2.63. The lowest BCUT2D eigenvalue weighted by molar-refractivity contribution is -0.127. The van der Waals surface area contributed by atoms with Crippen molar-refractivity contribution in [2.75, 3.05) is 0 Å². The Kier molecular flexibility index (Phi) is 3.97. The smallest absolute Gasteiger partial charge is 0.165 e. The Balaban J connectivity index is 1.48. The van der Waals surface area contributed by atoms with Crippen molar-refractivity contribution in [1.29, 1.82) is 0 Å². The van der Waals surface area contributed by atoms with E-state index in [0.717, 1.165) is 43.2 Å². The molecule has 5 rings (SSSR count). The summed E-state index contributed by atoms with van der Waals surface area (Å²) in [6, 6.07) is 12.2. The van der Waals surface area contributed by atoms with Crippen LogP contribution in [0.1, 0.15) is 55.2 Å². The van der Waals surface area contributed by atoms with E-state index in [-0.39, 0.29) is 17.0 Å². The molecule has 2 fully saturated rings. The van der Waals surface area contributed by atoms with Gasteiger partial charge in [-0.2, -0.15) is 0 Å². The predicted octanol–water partition coefficient (Wildman–Crippen LogP) is 5.65. The van der Waals surface area contributed by atoms with Gasteiger partial charge in [-0.1, -0.05) is 25.1 Å². The summed E-state index contributed by atoms with van der Waals surface area (Å²) >= 11 is 0. The third-order valence-electron chi connectivity index (χ3n) is 7.56. The van der Waals surface area contributed by atoms with Crippen molar-refractivity contribution in [2.45, 2.75) is 44.9 Å². The number of allylic oxidation sites excluding steroid dienone is 1. The van der Waals surface area contributed by atoms with Crippen LogP contribution in [0.2, 0.25) is 0 Å². The zero-order valence-corrected chi connectivity index (χ0v) is 16.1. The van der Waals surface area contributed by atoms with E-state index in [2.05, 4.69) is 13.0 Å². The number of carbonyl (C=O) groups is 1. The summed E-state index contributed by atoms with van der Waals surface area (Å²) < 4.78 is 13.2. The molecular formula is C25H25FO2. The Bertz CT molecular complexity index is 975. The van der Waals surface area contributed by atoms with Gasteiger partial charge in [0.15, 0.2) is 5.78 Å². The first-order chi connectivity index (χ1) is 13.5. The van der Waals surface area contributed by atoms with E-state index in [4.69, 9.17) is 0 Å². The highest BCUT2D eigenvalue weighted by Gasteiger charge is 2.56. The van der Waals surface area contributed by atoms with Crippen molar-refractivity contribution < 1.29 is 14.3 Å². The van der Waals surface area contributed by atoms with Crippen LogP contribution in [0.25, 0.3) is 6.08 Å². The van der Waals surface area contributed by atoms with Crippen molar-refractivity contribution in [1.82, 2.24) is 0 Å². The minimum absolute atomic E-state index is 0.254. The van der Waals surface area contributed by atoms with Crippen molar-refractivity contribution in [3.63, 3.8) is 0 Å². The van der Waals surface area contributed by atoms with Gasteiger partial charge in [0.05, 0.1) is 0 Å². The zero-order chi connectivity index (χ0) is 19.5. The molecule has 4 atom stereocenters. The van der Waals surface area contributed by atoms with E-state index < -0.39 is 0 Å². The van der Waals surface area contributed by atoms with E-state index in [1.165, 1.54) is 23.3 Å². The van der Waals surface area contributed by atoms with Crippen molar-refractivity contribution >= 4 is 11.9 Å². The number of ketones is 1. The number of hydrogen-bond acceptors (Lipinski definition) is 2. The SMILES string of the molecule is C[C@]12CC[C@@H]3c4ccc(O)cc4CC[C@H]3[C@@H]1C/C(=C\c1ccc(F)cc1)C2=O. The Labute approximate surface area is 165 Å². The van der Waals surface area contributed by atoms with Gasteiger partial charge < -0.3 is 5.11 Å². The number of rotatable bonds is 1. The van der Waals surface area contributed by atoms with Gasteiger partial charge in [-0.05, 0) is 102 Å². The second kappa shape index (κ2) is 6.30. The monoisotopic (exact) mass is 376 g/mol. The number of halogens is 1. The summed E-state index contributed by atoms with van der Waals surface area (Å²) in [5, 5.41) is 9.83. The summed E-state index contributed by atoms with van der Waals surface area (Å²) in [7, 11) is 0. The second-order valence-electron chi connectivity index (χ2n) is 9.01. The molecule has 1 N–H and O–H groups in total. The highest BCUT2D eigenvalue weighted by atomic mass is 19.1. The Morgan fingerprint density at radius 1 is 1.14 bits per heavy atom. The van der Waals surface area contributed by atoms with Crippen molar-refractivity contribution in [2.24, 2.45) is 17.3 Å². The molecule has 2 aromatic carbocycles. The molecule has 2 saturated carbocycles. The standard InChI is InChI=1S/C25H25FO2/c1-25-11-10-21-20-9-7-19(27)13-16(20)4-8-22(21)23(25)14-17(24(25)28)12-15-2-5-18(26)6-3-15/h2-3,5-7,9,12-13,21-23,27H,4,8,10-11,14H2,1H3/b17-12+/t21-,22-,23+,25+/m1/s1. The summed E-state index contributed by atoms with van der Waals surface area (Å²) in [6.07, 6.45) is 6.79. The number of phenolic OH excluding ortho intramolecular Hbond substituents is 1. The van der Waals surface area contributed by atoms with Crippen molar-refractivity contribution in [3.8, 4) is 5.75 Å². The maximum Gasteiger partial charge on any atom is 0.165 e. The summed E-state index contributed by atoms with van der Waals surface area (Å²) in [4.78, 5) is 13.3. The van der Waals surface area contributed by atoms with Gasteiger partial charge in [0.1, 0.15) is 11.6 Å². The van der Waals surface area contributed by atoms with Gasteiger partial charge in [0.2, 0.25) is 0 Å². The van der Waals surface area contributed by atoms with E-state index in [1.54, 1.807) is 18.2 Å². The number of phenols is 1. The normalized spacial score (nSPS) is 32.7. The van der Waals surface area contributed by atoms with E-state index >= 15 is 0 Å². The molecule has 0 unspecified atom stereocenters. The van der Waals surface area contributed by atoms with Gasteiger partial charge in [-0.15, -0.1) is 0 Å². The maximum absolute atomic E-state index is 13.3. The van der Waals surface area contributed by atoms with Gasteiger partial charge in [0, 0.05) is 5.41 Å². The topological polar surface area (TPSA) is 37.3 Å². The first-order valence-electron chi connectivity index (χ1n) is 10.3. The highest BCUT2D eigenvalue weighted by Crippen LogP contribution is 2.60. The molecule has 3 aliphatic carbocycles. The van der Waals surface area contributed by atoms with Crippen LogP contribution >= 0.6 is 0 Å². The Hall–Kier alpha value is -2.42. The molecule has 0 aliphatic heterocycles. The van der Waals surface area contributed by atoms with Crippen LogP contribution in [0, 0.1) is 23.1 Å². The summed E-state index contributed by atoms with van der Waals surface area (Å²) in [5.74, 6) is 1.75. The molecule has 0 aromatic heterocycles. The number of fused-ring (bicyclic) bond motifs is 5. The Morgan fingerprint density at radius 2 is 1.93 bits per heavy atom. The predicted molar refractivity (Wildman–Crippen MR) is 107 cm³/mol. The third-order valence-corrected chi connectivity index (χ3v) is 7.56. The van der Waals surface area contributed by atoms with Crippen LogP contribution in [-0.2, 0) is 11.2 Å². The number of aryl methyl sites for hydroxylation is 1. The fourth-order valence-corrected chi connectivity index (χ4v) is 6.13. The largest absolute Gasteiger partial charge is 0.508 e. The summed E-state index contributed by atoms with van der Waals surface area (Å²) in [6.45, 7) is 2.16. The van der Waals surface area contributed by atoms with Crippen LogP contribution in [0.5, 0.6) is 5.75 Å². The molecule has 0 bridgehead atoms. The molecule has 2 nitrogen and oxygen atoms in total. The summed E-state index contributed by atoms with van der Waals surface area (Å²) in [5.41, 5.74) is 4.17. The number of carbonyl (C=O) groups excluding carboxylic acids is 1. The molecule has 3 heteroatoms. The fourth-order valence-electron chi connectivity index (χ4n) is 6.13. The molecule has 3 aliphatic rings. The lowest BCUT2D eigenvalue weighted by atomic mass is 9.55. The van der Waals surface area contributed by atoms with E-state index in [1.807, 2.05) is 12.1 Å². The average molecular weight is 376 g/mol. The lowest BCUT2D eigenvalue weighted by Crippen LogP contribution is -2.42. The number of hydrogen-bond donors (Lipinski definition) is 1. The van der Waals surface area contributed by atoms with Gasteiger partial charge in [-0.3, -0.25) is 4.79 Å².